The molecule has 2 N–H and O–H groups in total. The van der Waals surface area contributed by atoms with E-state index in [1.807, 2.05) is 48.3 Å². The summed E-state index contributed by atoms with van der Waals surface area (Å²) < 4.78 is 33.3. The van der Waals surface area contributed by atoms with Crippen LogP contribution in [0.5, 0.6) is 0 Å². The van der Waals surface area contributed by atoms with Crippen molar-refractivity contribution in [3.05, 3.63) is 89.3 Å². The molecule has 7 nitrogen and oxygen atoms in total. The minimum Gasteiger partial charge on any atom is -0.447 e. The Hall–Kier alpha value is -3.56. The maximum Gasteiger partial charge on any atom is 0.273 e. The number of aromatic amines is 1. The van der Waals surface area contributed by atoms with Crippen molar-refractivity contribution < 1.29 is 18.0 Å². The van der Waals surface area contributed by atoms with E-state index in [1.165, 1.54) is 18.4 Å². The lowest BCUT2D eigenvalue weighted by Crippen LogP contribution is -2.31. The Labute approximate surface area is 202 Å². The minimum atomic E-state index is -0.616. The number of hydrogen-bond acceptors (Lipinski definition) is 5. The van der Waals surface area contributed by atoms with Gasteiger partial charge in [-0.1, -0.05) is 24.3 Å². The molecule has 0 fully saturated rings. The largest absolute Gasteiger partial charge is 0.447 e. The number of fused-ring (bicyclic) bond motifs is 1. The van der Waals surface area contributed by atoms with E-state index in [2.05, 4.69) is 21.4 Å². The number of likely N-dealkylation sites (N-methyl/N-ethyl adjacent to an activating group) is 1. The normalized spacial score (nSPS) is 11.6. The van der Waals surface area contributed by atoms with Crippen LogP contribution in [0.15, 0.2) is 59.3 Å². The van der Waals surface area contributed by atoms with Crippen molar-refractivity contribution in [2.24, 2.45) is 0 Å². The lowest BCUT2D eigenvalue weighted by Gasteiger charge is -2.21. The first-order chi connectivity index (χ1) is 16.9. The topological polar surface area (TPSA) is 77.4 Å². The van der Waals surface area contributed by atoms with Gasteiger partial charge >= 0.3 is 0 Å². The SMILES string of the molecule is CN(C)CCNC(=O)c1coc(CN(CCc2c[nH]c3ccccc23)Cc2ccc(F)cc2F)n1. The van der Waals surface area contributed by atoms with Crippen LogP contribution in [0, 0.1) is 11.6 Å². The van der Waals surface area contributed by atoms with Gasteiger partial charge in [-0.15, -0.1) is 0 Å². The third-order valence-electron chi connectivity index (χ3n) is 5.77. The van der Waals surface area contributed by atoms with E-state index >= 15 is 0 Å². The first kappa shape index (κ1) is 24.6. The maximum absolute atomic E-state index is 14.4. The molecule has 0 radical (unpaired) electrons. The number of oxazole rings is 1. The summed E-state index contributed by atoms with van der Waals surface area (Å²) in [6.07, 6.45) is 4.00. The van der Waals surface area contributed by atoms with Gasteiger partial charge in [-0.2, -0.15) is 0 Å². The number of hydrogen-bond donors (Lipinski definition) is 2. The maximum atomic E-state index is 14.4. The van der Waals surface area contributed by atoms with E-state index in [9.17, 15) is 13.6 Å². The molecule has 0 aliphatic heterocycles. The molecule has 2 heterocycles. The highest BCUT2D eigenvalue weighted by Crippen LogP contribution is 2.20. The standard InChI is InChI=1S/C26H29F2N5O2/c1-32(2)12-10-29-26(34)24-17-35-25(31-24)16-33(15-19-7-8-20(27)13-22(19)28)11-9-18-14-30-23-6-4-3-5-21(18)23/h3-8,13-14,17,30H,9-12,15-16H2,1-2H3,(H,29,34). The second kappa shape index (κ2) is 11.2. The molecule has 2 aromatic carbocycles. The van der Waals surface area contributed by atoms with Crippen molar-refractivity contribution in [1.29, 1.82) is 0 Å². The van der Waals surface area contributed by atoms with E-state index in [1.54, 1.807) is 0 Å². The Morgan fingerprint density at radius 2 is 1.91 bits per heavy atom. The van der Waals surface area contributed by atoms with Gasteiger partial charge in [0, 0.05) is 54.9 Å². The van der Waals surface area contributed by atoms with Crippen LogP contribution in [0.3, 0.4) is 0 Å². The highest BCUT2D eigenvalue weighted by molar-refractivity contribution is 5.91. The molecule has 9 heteroatoms. The summed E-state index contributed by atoms with van der Waals surface area (Å²) in [7, 11) is 3.85. The second-order valence-electron chi connectivity index (χ2n) is 8.74. The smallest absolute Gasteiger partial charge is 0.273 e. The Bertz CT molecular complexity index is 1280. The summed E-state index contributed by atoms with van der Waals surface area (Å²) in [4.78, 5) is 23.9. The zero-order valence-electron chi connectivity index (χ0n) is 19.9. The summed E-state index contributed by atoms with van der Waals surface area (Å²) in [5, 5.41) is 3.94. The van der Waals surface area contributed by atoms with Crippen LogP contribution in [-0.2, 0) is 19.5 Å². The number of benzene rings is 2. The van der Waals surface area contributed by atoms with Crippen molar-refractivity contribution in [1.82, 2.24) is 25.1 Å². The van der Waals surface area contributed by atoms with Crippen LogP contribution in [0.2, 0.25) is 0 Å². The zero-order valence-corrected chi connectivity index (χ0v) is 19.9. The van der Waals surface area contributed by atoms with Crippen molar-refractivity contribution in [2.75, 3.05) is 33.7 Å². The first-order valence-electron chi connectivity index (χ1n) is 11.5. The van der Waals surface area contributed by atoms with Gasteiger partial charge < -0.3 is 19.6 Å². The van der Waals surface area contributed by atoms with Gasteiger partial charge in [0.05, 0.1) is 6.54 Å². The summed E-state index contributed by atoms with van der Waals surface area (Å²) in [5.74, 6) is -1.18. The van der Waals surface area contributed by atoms with Gasteiger partial charge in [-0.25, -0.2) is 13.8 Å². The Morgan fingerprint density at radius 3 is 2.71 bits per heavy atom. The fourth-order valence-electron chi connectivity index (χ4n) is 3.88. The molecular weight excluding hydrogens is 452 g/mol. The van der Waals surface area contributed by atoms with E-state index in [4.69, 9.17) is 4.42 Å². The molecule has 0 aliphatic rings. The molecular formula is C26H29F2N5O2. The Kier molecular flexibility index (Phi) is 7.89. The van der Waals surface area contributed by atoms with E-state index in [0.29, 0.717) is 37.5 Å². The minimum absolute atomic E-state index is 0.197. The number of aromatic nitrogens is 2. The molecule has 0 unspecified atom stereocenters. The van der Waals surface area contributed by atoms with Crippen LogP contribution in [0.4, 0.5) is 8.78 Å². The number of halogens is 2. The molecule has 0 saturated carbocycles. The summed E-state index contributed by atoms with van der Waals surface area (Å²) in [6, 6.07) is 11.6. The number of amides is 1. The third kappa shape index (κ3) is 6.52. The van der Waals surface area contributed by atoms with Gasteiger partial charge in [0.15, 0.2) is 5.69 Å². The van der Waals surface area contributed by atoms with Crippen LogP contribution in [0.1, 0.15) is 27.5 Å². The van der Waals surface area contributed by atoms with Crippen molar-refractivity contribution >= 4 is 16.8 Å². The molecule has 4 aromatic rings. The quantitative estimate of drug-likeness (QED) is 0.339. The molecule has 2 aromatic heterocycles. The monoisotopic (exact) mass is 481 g/mol. The van der Waals surface area contributed by atoms with Gasteiger partial charge in [-0.05, 0) is 38.2 Å². The van der Waals surface area contributed by atoms with Crippen molar-refractivity contribution in [3.8, 4) is 0 Å². The molecule has 0 atom stereocenters. The fourth-order valence-corrected chi connectivity index (χ4v) is 3.88. The van der Waals surface area contributed by atoms with E-state index in [-0.39, 0.29) is 24.7 Å². The average Bonchev–Trinajstić information content (AvgIpc) is 3.46. The molecule has 0 aliphatic carbocycles. The number of rotatable bonds is 11. The highest BCUT2D eigenvalue weighted by Gasteiger charge is 2.17. The fraction of sp³-hybridized carbons (Fsp3) is 0.308. The number of carbonyl (C=O) groups is 1. The first-order valence-corrected chi connectivity index (χ1v) is 11.5. The predicted molar refractivity (Wildman–Crippen MR) is 130 cm³/mol. The summed E-state index contributed by atoms with van der Waals surface area (Å²) in [5.41, 5.74) is 2.76. The van der Waals surface area contributed by atoms with E-state index < -0.39 is 11.6 Å². The zero-order chi connectivity index (χ0) is 24.8. The lowest BCUT2D eigenvalue weighted by molar-refractivity contribution is 0.0946. The average molecular weight is 482 g/mol. The molecule has 4 rings (SSSR count). The lowest BCUT2D eigenvalue weighted by atomic mass is 10.1. The Balaban J connectivity index is 1.47. The molecule has 0 spiro atoms. The van der Waals surface area contributed by atoms with Crippen molar-refractivity contribution in [2.45, 2.75) is 19.5 Å². The second-order valence-corrected chi connectivity index (χ2v) is 8.74. The van der Waals surface area contributed by atoms with Crippen LogP contribution >= 0.6 is 0 Å². The third-order valence-corrected chi connectivity index (χ3v) is 5.77. The molecule has 0 saturated heterocycles. The van der Waals surface area contributed by atoms with Crippen LogP contribution in [-0.4, -0.2) is 59.4 Å². The van der Waals surface area contributed by atoms with Crippen LogP contribution in [0.25, 0.3) is 10.9 Å². The molecule has 0 bridgehead atoms. The van der Waals surface area contributed by atoms with Gasteiger partial charge in [-0.3, -0.25) is 9.69 Å². The summed E-state index contributed by atoms with van der Waals surface area (Å²) >= 11 is 0. The van der Waals surface area contributed by atoms with E-state index in [0.717, 1.165) is 22.5 Å². The van der Waals surface area contributed by atoms with Crippen LogP contribution < -0.4 is 5.32 Å². The number of nitrogens with one attached hydrogen (secondary N) is 2. The molecule has 184 valence electrons. The number of para-hydroxylation sites is 1. The van der Waals surface area contributed by atoms with Gasteiger partial charge in [0.2, 0.25) is 5.89 Å². The highest BCUT2D eigenvalue weighted by atomic mass is 19.1. The number of nitrogens with zero attached hydrogens (tertiary/aromatic N) is 3. The summed E-state index contributed by atoms with van der Waals surface area (Å²) in [6.45, 7) is 2.28. The molecule has 1 amide bonds. The Morgan fingerprint density at radius 1 is 1.09 bits per heavy atom. The van der Waals surface area contributed by atoms with Gasteiger partial charge in [0.1, 0.15) is 17.9 Å². The molecule has 35 heavy (non-hydrogen) atoms. The number of H-pyrrole nitrogens is 1. The van der Waals surface area contributed by atoms with Crippen molar-refractivity contribution in [3.63, 3.8) is 0 Å². The number of carbonyl (C=O) groups excluding carboxylic acids is 1. The predicted octanol–water partition coefficient (Wildman–Crippen LogP) is 3.97. The van der Waals surface area contributed by atoms with Gasteiger partial charge in [0.25, 0.3) is 5.91 Å².